The average Bonchev–Trinajstić information content (AvgIpc) is 2.52. The van der Waals surface area contributed by atoms with Gasteiger partial charge in [0.15, 0.2) is 0 Å². The summed E-state index contributed by atoms with van der Waals surface area (Å²) in [4.78, 5) is 24.5. The number of nitrogens with zero attached hydrogens (tertiary/aromatic N) is 1. The van der Waals surface area contributed by atoms with E-state index in [-0.39, 0.29) is 24.1 Å². The minimum atomic E-state index is -0.803. The molecule has 0 spiro atoms. The molecule has 0 radical (unpaired) electrons. The molecule has 1 N–H and O–H groups in total. The molecule has 118 valence electrons. The van der Waals surface area contributed by atoms with Crippen LogP contribution in [0.25, 0.3) is 6.08 Å². The largest absolute Gasteiger partial charge is 0.481 e. The van der Waals surface area contributed by atoms with Crippen LogP contribution in [-0.2, 0) is 9.59 Å². The number of halogens is 1. The molecule has 1 heterocycles. The van der Waals surface area contributed by atoms with Gasteiger partial charge in [0.1, 0.15) is 5.82 Å². The van der Waals surface area contributed by atoms with E-state index in [1.54, 1.807) is 23.1 Å². The van der Waals surface area contributed by atoms with Gasteiger partial charge in [0.2, 0.25) is 5.91 Å². The number of carbonyl (C=O) groups is 2. The minimum absolute atomic E-state index is 0.137. The van der Waals surface area contributed by atoms with E-state index in [0.29, 0.717) is 25.1 Å². The number of hydrogen-bond donors (Lipinski definition) is 1. The van der Waals surface area contributed by atoms with Crippen LogP contribution < -0.4 is 0 Å². The summed E-state index contributed by atoms with van der Waals surface area (Å²) in [5.74, 6) is -1.08. The Morgan fingerprint density at radius 2 is 2.14 bits per heavy atom. The highest BCUT2D eigenvalue weighted by atomic mass is 19.1. The number of benzene rings is 1. The zero-order valence-corrected chi connectivity index (χ0v) is 12.4. The summed E-state index contributed by atoms with van der Waals surface area (Å²) in [6, 6.07) is 6.29. The predicted octanol–water partition coefficient (Wildman–Crippen LogP) is 2.94. The normalized spacial score (nSPS) is 18.6. The maximum absolute atomic E-state index is 13.5. The standard InChI is InChI=1S/C17H20FNO3/c18-15-6-2-1-5-14(15)8-9-16(20)19-11-3-4-13(12-19)7-10-17(21)22/h1-2,5-6,8-9,13H,3-4,7,10-12H2,(H,21,22). The van der Waals surface area contributed by atoms with E-state index in [0.717, 1.165) is 12.8 Å². The van der Waals surface area contributed by atoms with Crippen LogP contribution >= 0.6 is 0 Å². The first-order chi connectivity index (χ1) is 10.6. The first-order valence-electron chi connectivity index (χ1n) is 7.49. The molecule has 2 rings (SSSR count). The van der Waals surface area contributed by atoms with Gasteiger partial charge in [-0.25, -0.2) is 4.39 Å². The molecule has 0 aliphatic carbocycles. The van der Waals surface area contributed by atoms with Crippen molar-refractivity contribution in [2.24, 2.45) is 5.92 Å². The van der Waals surface area contributed by atoms with Crippen molar-refractivity contribution in [1.82, 2.24) is 4.90 Å². The van der Waals surface area contributed by atoms with Crippen molar-refractivity contribution in [2.75, 3.05) is 13.1 Å². The number of carboxylic acids is 1. The summed E-state index contributed by atoms with van der Waals surface area (Å²) in [6.45, 7) is 1.25. The Morgan fingerprint density at radius 3 is 2.86 bits per heavy atom. The fourth-order valence-electron chi connectivity index (χ4n) is 2.71. The van der Waals surface area contributed by atoms with E-state index in [2.05, 4.69) is 0 Å². The molecule has 1 atom stereocenters. The molecular weight excluding hydrogens is 285 g/mol. The maximum Gasteiger partial charge on any atom is 0.303 e. The lowest BCUT2D eigenvalue weighted by atomic mass is 9.93. The molecule has 4 nitrogen and oxygen atoms in total. The van der Waals surface area contributed by atoms with Crippen molar-refractivity contribution < 1.29 is 19.1 Å². The summed E-state index contributed by atoms with van der Waals surface area (Å²) in [6.07, 6.45) is 5.43. The lowest BCUT2D eigenvalue weighted by Gasteiger charge is -2.32. The molecule has 1 aliphatic heterocycles. The topological polar surface area (TPSA) is 57.6 Å². The SMILES string of the molecule is O=C(O)CCC1CCCN(C(=O)C=Cc2ccccc2F)C1. The Labute approximate surface area is 129 Å². The van der Waals surface area contributed by atoms with Crippen LogP contribution in [0.3, 0.4) is 0 Å². The molecule has 1 unspecified atom stereocenters. The Bertz CT molecular complexity index is 571. The van der Waals surface area contributed by atoms with E-state index >= 15 is 0 Å². The van der Waals surface area contributed by atoms with Gasteiger partial charge < -0.3 is 10.0 Å². The van der Waals surface area contributed by atoms with Crippen molar-refractivity contribution in [2.45, 2.75) is 25.7 Å². The Balaban J connectivity index is 1.91. The third-order valence-electron chi connectivity index (χ3n) is 3.91. The van der Waals surface area contributed by atoms with Gasteiger partial charge in [-0.05, 0) is 37.3 Å². The molecule has 0 saturated carbocycles. The summed E-state index contributed by atoms with van der Waals surface area (Å²) < 4.78 is 13.5. The quantitative estimate of drug-likeness (QED) is 0.851. The molecular formula is C17H20FNO3. The molecule has 1 amide bonds. The van der Waals surface area contributed by atoms with Crippen LogP contribution in [0.5, 0.6) is 0 Å². The Morgan fingerprint density at radius 1 is 1.36 bits per heavy atom. The summed E-state index contributed by atoms with van der Waals surface area (Å²) >= 11 is 0. The molecule has 0 bridgehead atoms. The number of carbonyl (C=O) groups excluding carboxylic acids is 1. The molecule has 1 aromatic rings. The third-order valence-corrected chi connectivity index (χ3v) is 3.91. The summed E-state index contributed by atoms with van der Waals surface area (Å²) in [5, 5.41) is 8.73. The van der Waals surface area contributed by atoms with Gasteiger partial charge >= 0.3 is 5.97 Å². The number of aliphatic carboxylic acids is 1. The van der Waals surface area contributed by atoms with Gasteiger partial charge in [-0.1, -0.05) is 18.2 Å². The highest BCUT2D eigenvalue weighted by Crippen LogP contribution is 2.21. The number of likely N-dealkylation sites (tertiary alicyclic amines) is 1. The number of amides is 1. The fraction of sp³-hybridized carbons (Fsp3) is 0.412. The van der Waals surface area contributed by atoms with Crippen molar-refractivity contribution in [3.63, 3.8) is 0 Å². The van der Waals surface area contributed by atoms with Crippen molar-refractivity contribution in [3.05, 3.63) is 41.7 Å². The van der Waals surface area contributed by atoms with Crippen molar-refractivity contribution in [1.29, 1.82) is 0 Å². The van der Waals surface area contributed by atoms with Gasteiger partial charge in [0, 0.05) is 31.1 Å². The van der Waals surface area contributed by atoms with Gasteiger partial charge in [-0.2, -0.15) is 0 Å². The molecule has 22 heavy (non-hydrogen) atoms. The van der Waals surface area contributed by atoms with Crippen LogP contribution in [-0.4, -0.2) is 35.0 Å². The highest BCUT2D eigenvalue weighted by Gasteiger charge is 2.22. The monoisotopic (exact) mass is 305 g/mol. The summed E-state index contributed by atoms with van der Waals surface area (Å²) in [5.41, 5.74) is 0.385. The van der Waals surface area contributed by atoms with E-state index in [4.69, 9.17) is 5.11 Å². The Hall–Kier alpha value is -2.17. The van der Waals surface area contributed by atoms with Crippen LogP contribution in [0.1, 0.15) is 31.2 Å². The Kier molecular flexibility index (Phi) is 5.69. The van der Waals surface area contributed by atoms with Gasteiger partial charge in [-0.3, -0.25) is 9.59 Å². The minimum Gasteiger partial charge on any atom is -0.481 e. The molecule has 1 aromatic carbocycles. The highest BCUT2D eigenvalue weighted by molar-refractivity contribution is 5.91. The first kappa shape index (κ1) is 16.2. The summed E-state index contributed by atoms with van der Waals surface area (Å²) in [7, 11) is 0. The van der Waals surface area contributed by atoms with E-state index in [1.165, 1.54) is 18.2 Å². The first-order valence-corrected chi connectivity index (χ1v) is 7.49. The zero-order valence-electron chi connectivity index (χ0n) is 12.4. The fourth-order valence-corrected chi connectivity index (χ4v) is 2.71. The zero-order chi connectivity index (χ0) is 15.9. The third kappa shape index (κ3) is 4.69. The molecule has 1 aliphatic rings. The van der Waals surface area contributed by atoms with Gasteiger partial charge in [0.05, 0.1) is 0 Å². The number of rotatable bonds is 5. The van der Waals surface area contributed by atoms with Crippen molar-refractivity contribution in [3.8, 4) is 0 Å². The van der Waals surface area contributed by atoms with Crippen LogP contribution in [0.2, 0.25) is 0 Å². The number of carboxylic acid groups (broad SMARTS) is 1. The van der Waals surface area contributed by atoms with Crippen LogP contribution in [0, 0.1) is 11.7 Å². The lowest BCUT2D eigenvalue weighted by molar-refractivity contribution is -0.137. The van der Waals surface area contributed by atoms with E-state index < -0.39 is 5.97 Å². The number of hydrogen-bond acceptors (Lipinski definition) is 2. The second kappa shape index (κ2) is 7.73. The van der Waals surface area contributed by atoms with Crippen LogP contribution in [0.4, 0.5) is 4.39 Å². The van der Waals surface area contributed by atoms with Gasteiger partial charge in [0.25, 0.3) is 0 Å². The van der Waals surface area contributed by atoms with E-state index in [1.807, 2.05) is 0 Å². The second-order valence-electron chi connectivity index (χ2n) is 5.58. The van der Waals surface area contributed by atoms with E-state index in [9.17, 15) is 14.0 Å². The molecule has 1 saturated heterocycles. The molecule has 1 fully saturated rings. The molecule has 0 aromatic heterocycles. The lowest BCUT2D eigenvalue weighted by Crippen LogP contribution is -2.39. The smallest absolute Gasteiger partial charge is 0.303 e. The van der Waals surface area contributed by atoms with Crippen molar-refractivity contribution >= 4 is 18.0 Å². The average molecular weight is 305 g/mol. The predicted molar refractivity (Wildman–Crippen MR) is 81.6 cm³/mol. The molecule has 5 heteroatoms. The maximum atomic E-state index is 13.5. The van der Waals surface area contributed by atoms with Gasteiger partial charge in [-0.15, -0.1) is 0 Å². The van der Waals surface area contributed by atoms with Crippen LogP contribution in [0.15, 0.2) is 30.3 Å². The second-order valence-corrected chi connectivity index (χ2v) is 5.58. The number of piperidine rings is 1.